The first kappa shape index (κ1) is 15.3. The summed E-state index contributed by atoms with van der Waals surface area (Å²) in [5, 5.41) is 16.3. The van der Waals surface area contributed by atoms with Gasteiger partial charge in [-0.2, -0.15) is 0 Å². The van der Waals surface area contributed by atoms with Crippen molar-refractivity contribution in [3.63, 3.8) is 0 Å². The van der Waals surface area contributed by atoms with E-state index < -0.39 is 0 Å². The van der Waals surface area contributed by atoms with Crippen molar-refractivity contribution in [3.05, 3.63) is 0 Å². The number of rotatable bonds is 7. The van der Waals surface area contributed by atoms with Gasteiger partial charge in [0.05, 0.1) is 26.4 Å². The molecule has 0 aliphatic rings. The Morgan fingerprint density at radius 1 is 0.923 bits per heavy atom. The van der Waals surface area contributed by atoms with Gasteiger partial charge in [-0.25, -0.2) is 0 Å². The molecular weight excluding hydrogens is 174 g/mol. The Morgan fingerprint density at radius 2 is 1.31 bits per heavy atom. The van der Waals surface area contributed by atoms with Crippen LogP contribution in [0.4, 0.5) is 0 Å². The molecule has 0 fully saturated rings. The molecule has 0 rings (SSSR count). The van der Waals surface area contributed by atoms with E-state index in [4.69, 9.17) is 10.2 Å². The second-order valence-electron chi connectivity index (χ2n) is 2.23. The minimum Gasteiger partial charge on any atom is -0.394 e. The van der Waals surface area contributed by atoms with E-state index in [-0.39, 0.29) is 26.4 Å². The lowest BCUT2D eigenvalue weighted by molar-refractivity contribution is -0.178. The normalized spacial score (nSPS) is 9.23. The van der Waals surface area contributed by atoms with Crippen LogP contribution in [0.1, 0.15) is 26.7 Å². The number of aliphatic hydroxyl groups is 2. The average Bonchev–Trinajstić information content (AvgIpc) is 2.18. The third kappa shape index (κ3) is 24.5. The van der Waals surface area contributed by atoms with Gasteiger partial charge >= 0.3 is 0 Å². The van der Waals surface area contributed by atoms with Gasteiger partial charge in [-0.3, -0.25) is 9.68 Å². The molecule has 0 unspecified atom stereocenters. The fourth-order valence-corrected chi connectivity index (χ4v) is 0.216. The van der Waals surface area contributed by atoms with Crippen LogP contribution in [0, 0.1) is 0 Å². The van der Waals surface area contributed by atoms with E-state index in [1.807, 2.05) is 0 Å². The highest BCUT2D eigenvalue weighted by atomic mass is 16.9. The van der Waals surface area contributed by atoms with Gasteiger partial charge in [0.25, 0.3) is 0 Å². The summed E-state index contributed by atoms with van der Waals surface area (Å²) in [7, 11) is 0. The van der Waals surface area contributed by atoms with Crippen LogP contribution in [0.25, 0.3) is 0 Å². The Hall–Kier alpha value is -0.200. The third-order valence-electron chi connectivity index (χ3n) is 1.00. The molecule has 5 heteroatoms. The van der Waals surface area contributed by atoms with Crippen molar-refractivity contribution < 1.29 is 19.9 Å². The highest BCUT2D eigenvalue weighted by Gasteiger charge is 1.83. The van der Waals surface area contributed by atoms with Gasteiger partial charge in [0.15, 0.2) is 0 Å². The fourth-order valence-electron chi connectivity index (χ4n) is 0.216. The lowest BCUT2D eigenvalue weighted by Gasteiger charge is -2.01. The molecule has 0 bridgehead atoms. The lowest BCUT2D eigenvalue weighted by Crippen LogP contribution is -2.19. The van der Waals surface area contributed by atoms with Crippen molar-refractivity contribution in [1.29, 1.82) is 0 Å². The summed E-state index contributed by atoms with van der Waals surface area (Å²) in [5.41, 5.74) is 2.07. The smallest absolute Gasteiger partial charge is 0.0940 e. The van der Waals surface area contributed by atoms with Crippen LogP contribution in [0.15, 0.2) is 0 Å². The maximum absolute atomic E-state index is 8.15. The number of unbranched alkanes of at least 4 members (excludes halogenated alkanes) is 1. The molecule has 0 amide bonds. The predicted molar refractivity (Wildman–Crippen MR) is 49.8 cm³/mol. The van der Waals surface area contributed by atoms with Crippen molar-refractivity contribution in [2.75, 3.05) is 26.4 Å². The SMILES string of the molecule is CCCC.OCCONOCCO. The number of aliphatic hydroxyl groups excluding tert-OH is 2. The predicted octanol–water partition coefficient (Wildman–Crippen LogP) is 0.230. The summed E-state index contributed by atoms with van der Waals surface area (Å²) in [6.45, 7) is 4.59. The summed E-state index contributed by atoms with van der Waals surface area (Å²) in [6, 6.07) is 0. The first-order chi connectivity index (χ1) is 6.33. The molecule has 0 atom stereocenters. The van der Waals surface area contributed by atoms with Crippen LogP contribution in [-0.2, 0) is 9.68 Å². The molecule has 13 heavy (non-hydrogen) atoms. The molecule has 3 N–H and O–H groups in total. The minimum absolute atomic E-state index is 0.0600. The molecule has 0 spiro atoms. The lowest BCUT2D eigenvalue weighted by atomic mass is 10.4. The van der Waals surface area contributed by atoms with Gasteiger partial charge in [0.1, 0.15) is 0 Å². The molecule has 5 nitrogen and oxygen atoms in total. The summed E-state index contributed by atoms with van der Waals surface area (Å²) in [4.78, 5) is 8.90. The van der Waals surface area contributed by atoms with Crippen molar-refractivity contribution in [2.24, 2.45) is 0 Å². The van der Waals surface area contributed by atoms with Crippen LogP contribution in [0.3, 0.4) is 0 Å². The number of hydrogen-bond donors (Lipinski definition) is 3. The summed E-state index contributed by atoms with van der Waals surface area (Å²) < 4.78 is 0. The van der Waals surface area contributed by atoms with Crippen molar-refractivity contribution >= 4 is 0 Å². The molecule has 82 valence electrons. The molecule has 0 aromatic carbocycles. The molecule has 0 radical (unpaired) electrons. The van der Waals surface area contributed by atoms with Gasteiger partial charge in [-0.1, -0.05) is 32.3 Å². The maximum Gasteiger partial charge on any atom is 0.0940 e. The monoisotopic (exact) mass is 195 g/mol. The van der Waals surface area contributed by atoms with E-state index in [1.54, 1.807) is 0 Å². The summed E-state index contributed by atoms with van der Waals surface area (Å²) in [6.07, 6.45) is 2.64. The summed E-state index contributed by atoms with van der Waals surface area (Å²) in [5.74, 6) is 0. The number of nitrogens with one attached hydrogen (secondary N) is 1. The van der Waals surface area contributed by atoms with E-state index in [9.17, 15) is 0 Å². The Kier molecular flexibility index (Phi) is 20.9. The van der Waals surface area contributed by atoms with Crippen LogP contribution < -0.4 is 5.64 Å². The van der Waals surface area contributed by atoms with Gasteiger partial charge in [-0.15, -0.1) is 0 Å². The van der Waals surface area contributed by atoms with Crippen molar-refractivity contribution in [3.8, 4) is 0 Å². The second kappa shape index (κ2) is 17.8. The van der Waals surface area contributed by atoms with Crippen LogP contribution >= 0.6 is 0 Å². The zero-order chi connectivity index (χ0) is 10.4. The molecule has 0 aromatic rings. The minimum atomic E-state index is -0.0600. The van der Waals surface area contributed by atoms with E-state index >= 15 is 0 Å². The topological polar surface area (TPSA) is 71.0 Å². The first-order valence-electron chi connectivity index (χ1n) is 4.53. The highest BCUT2D eigenvalue weighted by molar-refractivity contribution is 4.16. The molecular formula is C8H21NO4. The molecule has 0 heterocycles. The number of hydrogen-bond acceptors (Lipinski definition) is 5. The zero-order valence-electron chi connectivity index (χ0n) is 8.45. The quantitative estimate of drug-likeness (QED) is 0.401. The first-order valence-corrected chi connectivity index (χ1v) is 4.53. The molecule has 0 aliphatic carbocycles. The highest BCUT2D eigenvalue weighted by Crippen LogP contribution is 1.76. The molecule has 0 saturated carbocycles. The largest absolute Gasteiger partial charge is 0.394 e. The van der Waals surface area contributed by atoms with Crippen LogP contribution in [0.2, 0.25) is 0 Å². The third-order valence-corrected chi connectivity index (χ3v) is 1.00. The second-order valence-corrected chi connectivity index (χ2v) is 2.23. The van der Waals surface area contributed by atoms with Crippen molar-refractivity contribution in [2.45, 2.75) is 26.7 Å². The maximum atomic E-state index is 8.15. The standard InChI is InChI=1S/C4H11NO4.C4H10/c6-1-3-8-5-9-4-2-7;1-3-4-2/h5-7H,1-4H2;3-4H2,1-2H3. The van der Waals surface area contributed by atoms with Crippen LogP contribution in [-0.4, -0.2) is 36.6 Å². The van der Waals surface area contributed by atoms with E-state index in [0.29, 0.717) is 0 Å². The average molecular weight is 195 g/mol. The van der Waals surface area contributed by atoms with E-state index in [2.05, 4.69) is 29.2 Å². The van der Waals surface area contributed by atoms with E-state index in [0.717, 1.165) is 0 Å². The molecule has 0 saturated heterocycles. The van der Waals surface area contributed by atoms with Gasteiger partial charge in [-0.05, 0) is 0 Å². The zero-order valence-corrected chi connectivity index (χ0v) is 8.45. The Labute approximate surface area is 79.6 Å². The van der Waals surface area contributed by atoms with Crippen molar-refractivity contribution in [1.82, 2.24) is 5.64 Å². The Balaban J connectivity index is 0. The Bertz CT molecular complexity index is 65.2. The molecule has 0 aromatic heterocycles. The van der Waals surface area contributed by atoms with Gasteiger partial charge in [0.2, 0.25) is 0 Å². The van der Waals surface area contributed by atoms with E-state index in [1.165, 1.54) is 12.8 Å². The summed E-state index contributed by atoms with van der Waals surface area (Å²) >= 11 is 0. The van der Waals surface area contributed by atoms with Crippen LogP contribution in [0.5, 0.6) is 0 Å². The fraction of sp³-hybridized carbons (Fsp3) is 1.00. The Morgan fingerprint density at radius 3 is 1.54 bits per heavy atom. The van der Waals surface area contributed by atoms with Gasteiger partial charge in [0, 0.05) is 0 Å². The molecule has 0 aliphatic heterocycles. The van der Waals surface area contributed by atoms with Gasteiger partial charge < -0.3 is 10.2 Å².